The molecule has 1 amide bonds. The average Bonchev–Trinajstić information content (AvgIpc) is 2.54. The highest BCUT2D eigenvalue weighted by atomic mass is 16.3. The zero-order chi connectivity index (χ0) is 16.3. The van der Waals surface area contributed by atoms with Crippen LogP contribution in [-0.2, 0) is 10.4 Å². The summed E-state index contributed by atoms with van der Waals surface area (Å²) in [5.74, 6) is -0.365. The molecular weight excluding hydrogens is 276 g/mol. The number of hydrogen-bond donors (Lipinski definition) is 1. The summed E-state index contributed by atoms with van der Waals surface area (Å²) >= 11 is 0. The van der Waals surface area contributed by atoms with Gasteiger partial charge in [0.05, 0.1) is 0 Å². The summed E-state index contributed by atoms with van der Waals surface area (Å²) in [6, 6.07) is 16.4. The number of aliphatic hydroxyl groups is 1. The van der Waals surface area contributed by atoms with Crippen LogP contribution >= 0.6 is 0 Å². The second-order valence-electron chi connectivity index (χ2n) is 5.72. The Kier molecular flexibility index (Phi) is 4.52. The van der Waals surface area contributed by atoms with Crippen molar-refractivity contribution in [3.8, 4) is 0 Å². The standard InChI is InChI=1S/C18H22N2O2/c1-19(2)16-12-10-15(11-13-16)18(22,17(21)20(3)4)14-8-6-5-7-9-14/h5-13,22H,1-4H3. The van der Waals surface area contributed by atoms with Crippen molar-refractivity contribution in [2.45, 2.75) is 5.60 Å². The van der Waals surface area contributed by atoms with Gasteiger partial charge in [-0.25, -0.2) is 0 Å². The zero-order valence-corrected chi connectivity index (χ0v) is 13.4. The van der Waals surface area contributed by atoms with Crippen LogP contribution in [0.5, 0.6) is 0 Å². The average molecular weight is 298 g/mol. The molecular formula is C18H22N2O2. The van der Waals surface area contributed by atoms with Crippen LogP contribution in [0.25, 0.3) is 0 Å². The van der Waals surface area contributed by atoms with Crippen molar-refractivity contribution in [3.63, 3.8) is 0 Å². The molecule has 1 N–H and O–H groups in total. The van der Waals surface area contributed by atoms with E-state index in [1.54, 1.807) is 38.4 Å². The third-order valence-electron chi connectivity index (χ3n) is 3.71. The summed E-state index contributed by atoms with van der Waals surface area (Å²) in [6.07, 6.45) is 0. The summed E-state index contributed by atoms with van der Waals surface area (Å²) in [5.41, 5.74) is 0.445. The van der Waals surface area contributed by atoms with Crippen molar-refractivity contribution >= 4 is 11.6 Å². The summed E-state index contributed by atoms with van der Waals surface area (Å²) in [6.45, 7) is 0. The molecule has 1 unspecified atom stereocenters. The summed E-state index contributed by atoms with van der Waals surface area (Å²) in [7, 11) is 7.18. The van der Waals surface area contributed by atoms with Crippen LogP contribution in [0.3, 0.4) is 0 Å². The molecule has 0 radical (unpaired) electrons. The molecule has 0 heterocycles. The third-order valence-corrected chi connectivity index (χ3v) is 3.71. The predicted molar refractivity (Wildman–Crippen MR) is 88.9 cm³/mol. The molecule has 116 valence electrons. The summed E-state index contributed by atoms with van der Waals surface area (Å²) in [4.78, 5) is 16.0. The maximum atomic E-state index is 12.6. The Balaban J connectivity index is 2.56. The Labute approximate surface area is 131 Å². The van der Waals surface area contributed by atoms with Crippen LogP contribution in [-0.4, -0.2) is 44.1 Å². The molecule has 0 aromatic heterocycles. The molecule has 0 aliphatic heterocycles. The van der Waals surface area contributed by atoms with Crippen LogP contribution < -0.4 is 4.90 Å². The lowest BCUT2D eigenvalue weighted by Crippen LogP contribution is -2.44. The van der Waals surface area contributed by atoms with Gasteiger partial charge < -0.3 is 14.9 Å². The first kappa shape index (κ1) is 16.0. The van der Waals surface area contributed by atoms with Gasteiger partial charge in [-0.15, -0.1) is 0 Å². The van der Waals surface area contributed by atoms with Crippen LogP contribution in [0.4, 0.5) is 5.69 Å². The Morgan fingerprint density at radius 1 is 0.864 bits per heavy atom. The number of amides is 1. The maximum Gasteiger partial charge on any atom is 0.263 e. The van der Waals surface area contributed by atoms with Gasteiger partial charge in [-0.3, -0.25) is 4.79 Å². The fourth-order valence-electron chi connectivity index (χ4n) is 2.42. The molecule has 0 aliphatic rings. The van der Waals surface area contributed by atoms with Crippen LogP contribution in [0, 0.1) is 0 Å². The van der Waals surface area contributed by atoms with Gasteiger partial charge in [0.25, 0.3) is 5.91 Å². The molecule has 0 saturated carbocycles. The number of nitrogens with zero attached hydrogens (tertiary/aromatic N) is 2. The van der Waals surface area contributed by atoms with Crippen molar-refractivity contribution in [2.75, 3.05) is 33.1 Å². The van der Waals surface area contributed by atoms with Crippen LogP contribution in [0.1, 0.15) is 11.1 Å². The first-order valence-electron chi connectivity index (χ1n) is 7.15. The molecule has 2 aromatic rings. The molecule has 1 atom stereocenters. The number of rotatable bonds is 4. The molecule has 4 heteroatoms. The van der Waals surface area contributed by atoms with E-state index in [2.05, 4.69) is 0 Å². The quantitative estimate of drug-likeness (QED) is 0.940. The Morgan fingerprint density at radius 3 is 1.82 bits per heavy atom. The Morgan fingerprint density at radius 2 is 1.36 bits per heavy atom. The van der Waals surface area contributed by atoms with Gasteiger partial charge >= 0.3 is 0 Å². The molecule has 0 spiro atoms. The normalized spacial score (nSPS) is 13.3. The minimum Gasteiger partial charge on any atom is -0.378 e. The molecule has 0 fully saturated rings. The van der Waals surface area contributed by atoms with Crippen molar-refractivity contribution in [1.82, 2.24) is 4.90 Å². The minimum atomic E-state index is -1.68. The number of anilines is 1. The van der Waals surface area contributed by atoms with Gasteiger partial charge in [0.1, 0.15) is 0 Å². The highest BCUT2D eigenvalue weighted by molar-refractivity contribution is 5.89. The van der Waals surface area contributed by atoms with Gasteiger partial charge in [-0.05, 0) is 23.3 Å². The fraction of sp³-hybridized carbons (Fsp3) is 0.278. The lowest BCUT2D eigenvalue weighted by molar-refractivity contribution is -0.145. The molecule has 0 aliphatic carbocycles. The highest BCUT2D eigenvalue weighted by Crippen LogP contribution is 2.32. The predicted octanol–water partition coefficient (Wildman–Crippen LogP) is 2.08. The minimum absolute atomic E-state index is 0.365. The van der Waals surface area contributed by atoms with E-state index in [1.807, 2.05) is 49.3 Å². The van der Waals surface area contributed by atoms with Gasteiger partial charge in [-0.1, -0.05) is 42.5 Å². The van der Waals surface area contributed by atoms with E-state index in [4.69, 9.17) is 0 Å². The van der Waals surface area contributed by atoms with Gasteiger partial charge in [-0.2, -0.15) is 0 Å². The smallest absolute Gasteiger partial charge is 0.263 e. The Bertz CT molecular complexity index is 636. The molecule has 0 saturated heterocycles. The van der Waals surface area contributed by atoms with Crippen molar-refractivity contribution in [1.29, 1.82) is 0 Å². The Hall–Kier alpha value is -2.33. The monoisotopic (exact) mass is 298 g/mol. The molecule has 0 bridgehead atoms. The number of carbonyl (C=O) groups excluding carboxylic acids is 1. The molecule has 22 heavy (non-hydrogen) atoms. The topological polar surface area (TPSA) is 43.8 Å². The lowest BCUT2D eigenvalue weighted by Gasteiger charge is -2.31. The van der Waals surface area contributed by atoms with E-state index in [1.165, 1.54) is 4.90 Å². The fourth-order valence-corrected chi connectivity index (χ4v) is 2.42. The first-order chi connectivity index (χ1) is 10.4. The van der Waals surface area contributed by atoms with E-state index in [9.17, 15) is 9.90 Å². The van der Waals surface area contributed by atoms with Crippen molar-refractivity contribution in [2.24, 2.45) is 0 Å². The molecule has 4 nitrogen and oxygen atoms in total. The summed E-state index contributed by atoms with van der Waals surface area (Å²) in [5, 5.41) is 11.2. The second kappa shape index (κ2) is 6.20. The van der Waals surface area contributed by atoms with Crippen LogP contribution in [0.2, 0.25) is 0 Å². The van der Waals surface area contributed by atoms with Crippen LogP contribution in [0.15, 0.2) is 54.6 Å². The van der Waals surface area contributed by atoms with Crippen molar-refractivity contribution < 1.29 is 9.90 Å². The maximum absolute atomic E-state index is 12.6. The lowest BCUT2D eigenvalue weighted by atomic mass is 9.85. The number of likely N-dealkylation sites (N-methyl/N-ethyl adjacent to an activating group) is 1. The van der Waals surface area contributed by atoms with E-state index in [-0.39, 0.29) is 5.91 Å². The number of carbonyl (C=O) groups is 1. The van der Waals surface area contributed by atoms with Gasteiger partial charge in [0.15, 0.2) is 5.60 Å². The number of benzene rings is 2. The van der Waals surface area contributed by atoms with E-state index in [0.717, 1.165) is 5.69 Å². The largest absolute Gasteiger partial charge is 0.378 e. The molecule has 2 aromatic carbocycles. The highest BCUT2D eigenvalue weighted by Gasteiger charge is 2.40. The summed E-state index contributed by atoms with van der Waals surface area (Å²) < 4.78 is 0. The first-order valence-corrected chi connectivity index (χ1v) is 7.15. The van der Waals surface area contributed by atoms with E-state index >= 15 is 0 Å². The third kappa shape index (κ3) is 2.83. The van der Waals surface area contributed by atoms with Gasteiger partial charge in [0.2, 0.25) is 0 Å². The van der Waals surface area contributed by atoms with E-state index in [0.29, 0.717) is 11.1 Å². The second-order valence-corrected chi connectivity index (χ2v) is 5.72. The SMILES string of the molecule is CN(C)C(=O)C(O)(c1ccccc1)c1ccc(N(C)C)cc1. The molecule has 2 rings (SSSR count). The van der Waals surface area contributed by atoms with Crippen molar-refractivity contribution in [3.05, 3.63) is 65.7 Å². The van der Waals surface area contributed by atoms with E-state index < -0.39 is 5.60 Å². The van der Waals surface area contributed by atoms with Gasteiger partial charge in [0, 0.05) is 33.9 Å². The zero-order valence-electron chi connectivity index (χ0n) is 13.4. The number of hydrogen-bond acceptors (Lipinski definition) is 3.